The summed E-state index contributed by atoms with van der Waals surface area (Å²) in [6, 6.07) is 13.2. The number of piperazine rings is 3. The average molecular weight is 756 g/mol. The normalized spacial score (nSPS) is 18.1. The van der Waals surface area contributed by atoms with E-state index in [0.717, 1.165) is 35.9 Å². The zero-order chi connectivity index (χ0) is 34.5. The zero-order valence-corrected chi connectivity index (χ0v) is 30.5. The van der Waals surface area contributed by atoms with Gasteiger partial charge in [-0.1, -0.05) is 12.8 Å². The predicted octanol–water partition coefficient (Wildman–Crippen LogP) is 3.04. The molecule has 3 aromatic carbocycles. The summed E-state index contributed by atoms with van der Waals surface area (Å²) in [5.41, 5.74) is 0.373. The number of hydrogen-bond acceptors (Lipinski definition) is 6. The number of fused-ring (bicyclic) bond motifs is 4. The van der Waals surface area contributed by atoms with Gasteiger partial charge in [-0.3, -0.25) is 14.5 Å². The molecule has 2 bridgehead atoms. The maximum Gasteiger partial charge on any atom is 0.263 e. The number of carbonyl (C=O) groups is 1. The minimum Gasteiger partial charge on any atom is -1.00 e. The minimum absolute atomic E-state index is 0. The van der Waals surface area contributed by atoms with Crippen molar-refractivity contribution >= 4 is 22.5 Å². The lowest BCUT2D eigenvalue weighted by Crippen LogP contribution is -3.00. The van der Waals surface area contributed by atoms with Gasteiger partial charge >= 0.3 is 0 Å². The summed E-state index contributed by atoms with van der Waals surface area (Å²) in [7, 11) is 4.44. The van der Waals surface area contributed by atoms with Crippen molar-refractivity contribution in [3.8, 4) is 22.9 Å². The second kappa shape index (κ2) is 16.3. The molecule has 4 aromatic rings. The second-order valence-corrected chi connectivity index (χ2v) is 13.2. The van der Waals surface area contributed by atoms with E-state index in [1.165, 1.54) is 97.0 Å². The number of aromatic nitrogens is 1. The van der Waals surface area contributed by atoms with Crippen molar-refractivity contribution < 1.29 is 49.3 Å². The van der Waals surface area contributed by atoms with E-state index in [-0.39, 0.29) is 33.6 Å². The van der Waals surface area contributed by atoms with Crippen LogP contribution in [0.5, 0.6) is 17.2 Å². The Bertz CT molecular complexity index is 1820. The van der Waals surface area contributed by atoms with Gasteiger partial charge in [0.05, 0.1) is 58.2 Å². The molecule has 0 aliphatic carbocycles. The first-order valence-electron chi connectivity index (χ1n) is 17.1. The number of pyridine rings is 1. The Kier molecular flexibility index (Phi) is 12.2. The number of anilines is 1. The van der Waals surface area contributed by atoms with E-state index in [1.54, 1.807) is 41.0 Å². The molecule has 12 heteroatoms. The number of ether oxygens (including phenoxy) is 3. The van der Waals surface area contributed by atoms with E-state index in [1.807, 2.05) is 0 Å². The summed E-state index contributed by atoms with van der Waals surface area (Å²) in [4.78, 5) is 31.1. The minimum atomic E-state index is -0.833. The molecule has 3 aliphatic rings. The lowest BCUT2D eigenvalue weighted by molar-refractivity contribution is -0.941. The van der Waals surface area contributed by atoms with Gasteiger partial charge in [0.15, 0.2) is 0 Å². The highest BCUT2D eigenvalue weighted by Crippen LogP contribution is 2.30. The molecule has 3 aliphatic heterocycles. The molecule has 0 saturated carbocycles. The van der Waals surface area contributed by atoms with Crippen LogP contribution < -0.4 is 41.5 Å². The summed E-state index contributed by atoms with van der Waals surface area (Å²) < 4.78 is 48.1. The van der Waals surface area contributed by atoms with Gasteiger partial charge in [0.2, 0.25) is 5.43 Å². The van der Waals surface area contributed by atoms with E-state index in [0.29, 0.717) is 35.1 Å². The van der Waals surface area contributed by atoms with Crippen LogP contribution in [0.25, 0.3) is 16.6 Å². The molecule has 1 aromatic heterocycles. The first kappa shape index (κ1) is 37.3. The third kappa shape index (κ3) is 8.30. The van der Waals surface area contributed by atoms with Crippen molar-refractivity contribution in [1.29, 1.82) is 0 Å². The van der Waals surface area contributed by atoms with Crippen LogP contribution in [0.4, 0.5) is 14.5 Å². The van der Waals surface area contributed by atoms with Gasteiger partial charge in [-0.05, 0) is 43.5 Å². The Morgan fingerprint density at radius 1 is 0.820 bits per heavy atom. The molecule has 0 N–H and O–H groups in total. The summed E-state index contributed by atoms with van der Waals surface area (Å²) in [5.74, 6) is -0.764. The molecule has 3 fully saturated rings. The fourth-order valence-corrected chi connectivity index (χ4v) is 7.06. The Hall–Kier alpha value is -4.00. The number of rotatable bonds is 14. The monoisotopic (exact) mass is 754 g/mol. The number of carbonyl (C=O) groups excluding carboxylic acids is 1. The van der Waals surface area contributed by atoms with E-state index >= 15 is 0 Å². The lowest BCUT2D eigenvalue weighted by atomic mass is 10.1. The maximum absolute atomic E-state index is 14.0. The Morgan fingerprint density at radius 3 is 2.08 bits per heavy atom. The van der Waals surface area contributed by atoms with E-state index in [2.05, 4.69) is 4.90 Å². The standard InChI is InChI=1S/C38H45F2N4O5.BrH/c1-41(29-20-27(39)19-28(40)21-29)38(46)35-26-43(30-22-32(47-2)24-33(23-30)48-3)36-25-31(9-10-34(36)37(35)45)49-18-8-6-4-5-7-14-44-15-11-42(12-16-44)13-17-44;/h9-10,19-26H,4-8,11-18H2,1-3H3;1H/q+1;/p-1. The summed E-state index contributed by atoms with van der Waals surface area (Å²) >= 11 is 0. The van der Waals surface area contributed by atoms with Crippen molar-refractivity contribution in [3.63, 3.8) is 0 Å². The van der Waals surface area contributed by atoms with Gasteiger partial charge in [-0.25, -0.2) is 8.78 Å². The molecular weight excluding hydrogens is 710 g/mol. The number of unbranched alkanes of at least 4 members (excludes halogenated alkanes) is 4. The summed E-state index contributed by atoms with van der Waals surface area (Å²) in [6.45, 7) is 9.54. The number of nitrogens with zero attached hydrogens (tertiary/aromatic N) is 4. The van der Waals surface area contributed by atoms with Gasteiger partial charge in [-0.15, -0.1) is 0 Å². The Balaban J connectivity index is 0.00000486. The number of amides is 1. The van der Waals surface area contributed by atoms with Crippen LogP contribution in [0.2, 0.25) is 0 Å². The molecule has 7 rings (SSSR count). The third-order valence-electron chi connectivity index (χ3n) is 10.1. The van der Waals surface area contributed by atoms with Gasteiger partial charge in [0.1, 0.15) is 34.4 Å². The van der Waals surface area contributed by atoms with Crippen LogP contribution in [0.1, 0.15) is 42.5 Å². The molecule has 3 saturated heterocycles. The molecule has 0 unspecified atom stereocenters. The van der Waals surface area contributed by atoms with Crippen molar-refractivity contribution in [2.75, 3.05) is 78.6 Å². The SMILES string of the molecule is COc1cc(OC)cc(-n2cc(C(=O)N(C)c3cc(F)cc(F)c3)c(=O)c3ccc(OCCCCCCC[N+]45CCN(CC4)CC5)cc32)c1.[Br-]. The van der Waals surface area contributed by atoms with Gasteiger partial charge in [0, 0.05) is 74.3 Å². The average Bonchev–Trinajstić information content (AvgIpc) is 3.12. The maximum atomic E-state index is 14.0. The first-order chi connectivity index (χ1) is 23.7. The van der Waals surface area contributed by atoms with Crippen LogP contribution in [-0.2, 0) is 0 Å². The van der Waals surface area contributed by atoms with Crippen molar-refractivity contribution in [2.24, 2.45) is 0 Å². The van der Waals surface area contributed by atoms with Gasteiger partial charge < -0.3 is 45.1 Å². The molecule has 50 heavy (non-hydrogen) atoms. The van der Waals surface area contributed by atoms with Gasteiger partial charge in [0.25, 0.3) is 5.91 Å². The smallest absolute Gasteiger partial charge is 0.263 e. The number of methoxy groups -OCH3 is 2. The summed E-state index contributed by atoms with van der Waals surface area (Å²) in [6.07, 6.45) is 7.14. The first-order valence-corrected chi connectivity index (χ1v) is 17.1. The quantitative estimate of drug-likeness (QED) is 0.146. The third-order valence-corrected chi connectivity index (χ3v) is 10.1. The summed E-state index contributed by atoms with van der Waals surface area (Å²) in [5, 5.41) is 0.278. The van der Waals surface area contributed by atoms with E-state index in [4.69, 9.17) is 14.2 Å². The number of halogens is 3. The van der Waals surface area contributed by atoms with Crippen LogP contribution in [-0.4, -0.2) is 93.5 Å². The predicted molar refractivity (Wildman–Crippen MR) is 186 cm³/mol. The molecule has 4 heterocycles. The fourth-order valence-electron chi connectivity index (χ4n) is 7.06. The van der Waals surface area contributed by atoms with Crippen LogP contribution in [0.15, 0.2) is 65.6 Å². The molecule has 0 spiro atoms. The molecule has 9 nitrogen and oxygen atoms in total. The van der Waals surface area contributed by atoms with Gasteiger partial charge in [-0.2, -0.15) is 0 Å². The van der Waals surface area contributed by atoms with E-state index in [9.17, 15) is 18.4 Å². The number of hydrogen-bond donors (Lipinski definition) is 0. The largest absolute Gasteiger partial charge is 1.00 e. The van der Waals surface area contributed by atoms with E-state index < -0.39 is 23.0 Å². The number of benzene rings is 3. The topological polar surface area (TPSA) is 73.2 Å². The number of quaternary nitrogens is 1. The fraction of sp³-hybridized carbons (Fsp3) is 0.421. The molecule has 0 atom stereocenters. The van der Waals surface area contributed by atoms with Crippen LogP contribution >= 0.6 is 0 Å². The van der Waals surface area contributed by atoms with Crippen molar-refractivity contribution in [3.05, 3.63) is 88.2 Å². The highest BCUT2D eigenvalue weighted by atomic mass is 79.9. The van der Waals surface area contributed by atoms with Crippen LogP contribution in [0, 0.1) is 11.6 Å². The zero-order valence-electron chi connectivity index (χ0n) is 28.9. The molecular formula is C38H45BrF2N4O5. The highest BCUT2D eigenvalue weighted by molar-refractivity contribution is 6.07. The Labute approximate surface area is 302 Å². The highest BCUT2D eigenvalue weighted by Gasteiger charge is 2.37. The lowest BCUT2D eigenvalue weighted by Gasteiger charge is -2.50. The van der Waals surface area contributed by atoms with Crippen LogP contribution in [0.3, 0.4) is 0 Å². The second-order valence-electron chi connectivity index (χ2n) is 13.2. The molecule has 0 radical (unpaired) electrons. The molecule has 1 amide bonds. The van der Waals surface area contributed by atoms with Crippen molar-refractivity contribution in [2.45, 2.75) is 32.1 Å². The van der Waals surface area contributed by atoms with Crippen molar-refractivity contribution in [1.82, 2.24) is 9.47 Å². The molecule has 268 valence electrons. The Morgan fingerprint density at radius 2 is 1.44 bits per heavy atom.